The van der Waals surface area contributed by atoms with E-state index in [4.69, 9.17) is 11.1 Å². The molecular weight excluding hydrogens is 128 g/mol. The second-order valence-corrected chi connectivity index (χ2v) is 2.93. The van der Waals surface area contributed by atoms with Crippen molar-refractivity contribution in [3.63, 3.8) is 0 Å². The van der Waals surface area contributed by atoms with E-state index in [1.807, 2.05) is 7.05 Å². The average Bonchev–Trinajstić information content (AvgIpc) is 1.84. The summed E-state index contributed by atoms with van der Waals surface area (Å²) in [5.74, 6) is 5.29. The second kappa shape index (κ2) is 2.54. The number of likely N-dealkylation sites (tertiary alicyclic amines) is 1. The zero-order valence-corrected chi connectivity index (χ0v) is 6.09. The monoisotopic (exact) mass is 140 g/mol. The molecule has 1 heterocycles. The maximum Gasteiger partial charge on any atom is 0.0703 e. The van der Waals surface area contributed by atoms with E-state index in [1.54, 1.807) is 0 Å². The van der Waals surface area contributed by atoms with Crippen LogP contribution in [-0.4, -0.2) is 30.6 Å². The van der Waals surface area contributed by atoms with Gasteiger partial charge in [-0.1, -0.05) is 0 Å². The molecule has 0 bridgehead atoms. The van der Waals surface area contributed by atoms with Crippen molar-refractivity contribution in [1.82, 2.24) is 10.3 Å². The number of nitriles is 1. The van der Waals surface area contributed by atoms with Crippen LogP contribution in [0.15, 0.2) is 0 Å². The summed E-state index contributed by atoms with van der Waals surface area (Å²) < 4.78 is 0. The zero-order chi connectivity index (χ0) is 7.61. The van der Waals surface area contributed by atoms with Crippen LogP contribution in [0.4, 0.5) is 0 Å². The van der Waals surface area contributed by atoms with Gasteiger partial charge < -0.3 is 4.90 Å². The highest BCUT2D eigenvalue weighted by molar-refractivity contribution is 5.04. The summed E-state index contributed by atoms with van der Waals surface area (Å²) in [4.78, 5) is 2.12. The van der Waals surface area contributed by atoms with Crippen molar-refractivity contribution in [2.75, 3.05) is 20.1 Å². The Bertz CT molecular complexity index is 154. The van der Waals surface area contributed by atoms with Gasteiger partial charge in [-0.25, -0.2) is 0 Å². The molecule has 1 fully saturated rings. The van der Waals surface area contributed by atoms with E-state index in [-0.39, 0.29) is 5.54 Å². The highest BCUT2D eigenvalue weighted by atomic mass is 15.4. The third-order valence-corrected chi connectivity index (χ3v) is 1.87. The van der Waals surface area contributed by atoms with Crippen molar-refractivity contribution in [2.24, 2.45) is 5.84 Å². The Balaban J connectivity index is 2.42. The molecule has 1 aliphatic heterocycles. The van der Waals surface area contributed by atoms with Crippen LogP contribution in [0.25, 0.3) is 0 Å². The molecule has 1 saturated heterocycles. The lowest BCUT2D eigenvalue weighted by molar-refractivity contribution is 0.0694. The third kappa shape index (κ3) is 1.12. The van der Waals surface area contributed by atoms with Gasteiger partial charge in [-0.15, -0.1) is 0 Å². The Kier molecular flexibility index (Phi) is 1.90. The van der Waals surface area contributed by atoms with Crippen LogP contribution >= 0.6 is 0 Å². The molecule has 4 heteroatoms. The average molecular weight is 140 g/mol. The molecule has 10 heavy (non-hydrogen) atoms. The van der Waals surface area contributed by atoms with Gasteiger partial charge in [0.2, 0.25) is 0 Å². The molecular formula is C6H12N4. The van der Waals surface area contributed by atoms with Crippen molar-refractivity contribution >= 4 is 0 Å². The lowest BCUT2D eigenvalue weighted by Gasteiger charge is -2.46. The number of nitrogens with one attached hydrogen (secondary N) is 1. The lowest BCUT2D eigenvalue weighted by atomic mass is 9.88. The van der Waals surface area contributed by atoms with Gasteiger partial charge in [-0.3, -0.25) is 11.3 Å². The standard InChI is InChI=1S/C6H12N4/c1-10-4-6(5-10,9-8)2-3-7/h9H,2,4-5,8H2,1H3. The Morgan fingerprint density at radius 3 is 2.70 bits per heavy atom. The third-order valence-electron chi connectivity index (χ3n) is 1.87. The highest BCUT2D eigenvalue weighted by Gasteiger charge is 2.39. The van der Waals surface area contributed by atoms with Crippen LogP contribution in [0.5, 0.6) is 0 Å². The number of hydrazine groups is 1. The van der Waals surface area contributed by atoms with Crippen LogP contribution in [-0.2, 0) is 0 Å². The van der Waals surface area contributed by atoms with Gasteiger partial charge in [0.1, 0.15) is 0 Å². The number of nitrogens with zero attached hydrogens (tertiary/aromatic N) is 2. The van der Waals surface area contributed by atoms with Crippen molar-refractivity contribution < 1.29 is 0 Å². The van der Waals surface area contributed by atoms with Crippen LogP contribution in [0.1, 0.15) is 6.42 Å². The quantitative estimate of drug-likeness (QED) is 0.383. The molecule has 4 nitrogen and oxygen atoms in total. The van der Waals surface area contributed by atoms with E-state index < -0.39 is 0 Å². The first kappa shape index (κ1) is 7.48. The molecule has 0 aliphatic carbocycles. The van der Waals surface area contributed by atoms with Gasteiger partial charge in [0.25, 0.3) is 0 Å². The molecule has 0 radical (unpaired) electrons. The first-order valence-electron chi connectivity index (χ1n) is 3.26. The van der Waals surface area contributed by atoms with Gasteiger partial charge in [0.15, 0.2) is 0 Å². The second-order valence-electron chi connectivity index (χ2n) is 2.93. The SMILES string of the molecule is CN1CC(CC#N)(NN)C1. The summed E-state index contributed by atoms with van der Waals surface area (Å²) in [6, 6.07) is 2.11. The fraction of sp³-hybridized carbons (Fsp3) is 0.833. The molecule has 0 spiro atoms. The van der Waals surface area contributed by atoms with Crippen LogP contribution in [0.3, 0.4) is 0 Å². The molecule has 0 atom stereocenters. The first-order valence-corrected chi connectivity index (χ1v) is 3.26. The number of hydrogen-bond donors (Lipinski definition) is 2. The van der Waals surface area contributed by atoms with Crippen LogP contribution in [0, 0.1) is 11.3 Å². The summed E-state index contributed by atoms with van der Waals surface area (Å²) in [7, 11) is 2.01. The van der Waals surface area contributed by atoms with Gasteiger partial charge in [-0.2, -0.15) is 5.26 Å². The van der Waals surface area contributed by atoms with Crippen molar-refractivity contribution in [1.29, 1.82) is 5.26 Å². The van der Waals surface area contributed by atoms with Gasteiger partial charge in [0.05, 0.1) is 18.0 Å². The van der Waals surface area contributed by atoms with E-state index in [1.165, 1.54) is 0 Å². The maximum absolute atomic E-state index is 8.42. The predicted octanol–water partition coefficient (Wildman–Crippen LogP) is -0.952. The Morgan fingerprint density at radius 2 is 2.40 bits per heavy atom. The van der Waals surface area contributed by atoms with E-state index in [0.717, 1.165) is 13.1 Å². The first-order chi connectivity index (χ1) is 4.72. The van der Waals surface area contributed by atoms with Crippen LogP contribution < -0.4 is 11.3 Å². The summed E-state index contributed by atoms with van der Waals surface area (Å²) >= 11 is 0. The largest absolute Gasteiger partial charge is 0.302 e. The minimum atomic E-state index is -0.122. The molecule has 0 unspecified atom stereocenters. The number of hydrogen-bond acceptors (Lipinski definition) is 4. The lowest BCUT2D eigenvalue weighted by Crippen LogP contribution is -2.69. The smallest absolute Gasteiger partial charge is 0.0703 e. The molecule has 1 rings (SSSR count). The Labute approximate surface area is 60.6 Å². The molecule has 3 N–H and O–H groups in total. The topological polar surface area (TPSA) is 65.1 Å². The minimum Gasteiger partial charge on any atom is -0.302 e. The molecule has 0 amide bonds. The minimum absolute atomic E-state index is 0.122. The summed E-state index contributed by atoms with van der Waals surface area (Å²) in [6.45, 7) is 1.74. The highest BCUT2D eigenvalue weighted by Crippen LogP contribution is 2.20. The Hall–Kier alpha value is -0.630. The molecule has 0 aromatic carbocycles. The van der Waals surface area contributed by atoms with Crippen molar-refractivity contribution in [3.05, 3.63) is 0 Å². The van der Waals surface area contributed by atoms with E-state index in [0.29, 0.717) is 6.42 Å². The van der Waals surface area contributed by atoms with Gasteiger partial charge >= 0.3 is 0 Å². The van der Waals surface area contributed by atoms with Crippen molar-refractivity contribution in [2.45, 2.75) is 12.0 Å². The fourth-order valence-corrected chi connectivity index (χ4v) is 1.39. The Morgan fingerprint density at radius 1 is 1.80 bits per heavy atom. The molecule has 0 aromatic rings. The number of nitrogens with two attached hydrogens (primary N) is 1. The van der Waals surface area contributed by atoms with Gasteiger partial charge in [-0.05, 0) is 7.05 Å². The maximum atomic E-state index is 8.42. The van der Waals surface area contributed by atoms with Gasteiger partial charge in [0, 0.05) is 13.1 Å². The molecule has 0 saturated carbocycles. The predicted molar refractivity (Wildman–Crippen MR) is 37.8 cm³/mol. The summed E-state index contributed by atoms with van der Waals surface area (Å²) in [5, 5.41) is 8.42. The van der Waals surface area contributed by atoms with Crippen molar-refractivity contribution in [3.8, 4) is 6.07 Å². The zero-order valence-electron chi connectivity index (χ0n) is 6.09. The molecule has 0 aromatic heterocycles. The number of rotatable bonds is 2. The van der Waals surface area contributed by atoms with E-state index >= 15 is 0 Å². The summed E-state index contributed by atoms with van der Waals surface area (Å²) in [6.07, 6.45) is 0.494. The number of likely N-dealkylation sites (N-methyl/N-ethyl adjacent to an activating group) is 1. The molecule has 56 valence electrons. The van der Waals surface area contributed by atoms with Crippen LogP contribution in [0.2, 0.25) is 0 Å². The van der Waals surface area contributed by atoms with E-state index in [2.05, 4.69) is 16.4 Å². The van der Waals surface area contributed by atoms with E-state index in [9.17, 15) is 0 Å². The fourth-order valence-electron chi connectivity index (χ4n) is 1.39. The summed E-state index contributed by atoms with van der Waals surface area (Å²) in [5.41, 5.74) is 2.56. The molecule has 1 aliphatic rings. The normalized spacial score (nSPS) is 23.3.